The zero-order chi connectivity index (χ0) is 13.9. The van der Waals surface area contributed by atoms with E-state index in [-0.39, 0.29) is 6.10 Å². The van der Waals surface area contributed by atoms with Crippen molar-refractivity contribution in [2.24, 2.45) is 0 Å². The third-order valence-electron chi connectivity index (χ3n) is 4.06. The summed E-state index contributed by atoms with van der Waals surface area (Å²) in [5, 5.41) is 14.5. The Hall–Kier alpha value is -1.68. The second-order valence-corrected chi connectivity index (χ2v) is 5.53. The lowest BCUT2D eigenvalue weighted by Gasteiger charge is -2.25. The fraction of sp³-hybridized carbons (Fsp3) is 0.500. The van der Waals surface area contributed by atoms with Gasteiger partial charge in [0.05, 0.1) is 12.6 Å². The van der Waals surface area contributed by atoms with E-state index in [1.165, 1.54) is 19.3 Å². The van der Waals surface area contributed by atoms with Gasteiger partial charge in [0.2, 0.25) is 0 Å². The number of rotatable bonds is 5. The van der Waals surface area contributed by atoms with Crippen LogP contribution in [0.3, 0.4) is 0 Å². The molecule has 4 nitrogen and oxygen atoms in total. The van der Waals surface area contributed by atoms with E-state index in [1.807, 2.05) is 41.9 Å². The van der Waals surface area contributed by atoms with E-state index in [0.29, 0.717) is 12.5 Å². The van der Waals surface area contributed by atoms with Crippen LogP contribution in [0.4, 0.5) is 0 Å². The Bertz CT molecular complexity index is 560. The van der Waals surface area contributed by atoms with Gasteiger partial charge in [-0.15, -0.1) is 0 Å². The molecule has 20 heavy (non-hydrogen) atoms. The first kappa shape index (κ1) is 13.3. The summed E-state index contributed by atoms with van der Waals surface area (Å²) in [4.78, 5) is 4.73. The predicted molar refractivity (Wildman–Crippen MR) is 78.3 cm³/mol. The van der Waals surface area contributed by atoms with Gasteiger partial charge in [0, 0.05) is 11.5 Å². The first-order valence-corrected chi connectivity index (χ1v) is 7.46. The highest BCUT2D eigenvalue weighted by atomic mass is 16.3. The zero-order valence-electron chi connectivity index (χ0n) is 11.9. The Balaban J connectivity index is 1.92. The summed E-state index contributed by atoms with van der Waals surface area (Å²) in [5.74, 6) is 2.34. The van der Waals surface area contributed by atoms with E-state index in [9.17, 15) is 5.11 Å². The standard InChI is InChI=1S/C16H21N3O/c1-2-14(20)11-19-16(13-9-6-10-13)17-15(18-19)12-7-4-3-5-8-12/h3-5,7-8,13-14,20H,2,6,9-11H2,1H3/t14-/m1/s1. The molecule has 106 valence electrons. The Morgan fingerprint density at radius 2 is 2.05 bits per heavy atom. The molecule has 1 N–H and O–H groups in total. The number of nitrogens with zero attached hydrogens (tertiary/aromatic N) is 3. The molecule has 0 bridgehead atoms. The van der Waals surface area contributed by atoms with Gasteiger partial charge in [0.1, 0.15) is 5.82 Å². The lowest BCUT2D eigenvalue weighted by Crippen LogP contribution is -2.21. The second-order valence-electron chi connectivity index (χ2n) is 5.53. The van der Waals surface area contributed by atoms with Gasteiger partial charge in [-0.05, 0) is 19.3 Å². The van der Waals surface area contributed by atoms with Gasteiger partial charge in [-0.3, -0.25) is 0 Å². The topological polar surface area (TPSA) is 50.9 Å². The summed E-state index contributed by atoms with van der Waals surface area (Å²) < 4.78 is 1.92. The molecule has 0 spiro atoms. The van der Waals surface area contributed by atoms with Crippen molar-refractivity contribution in [2.45, 2.75) is 51.2 Å². The van der Waals surface area contributed by atoms with E-state index < -0.39 is 0 Å². The molecular formula is C16H21N3O. The molecule has 3 rings (SSSR count). The molecule has 1 aliphatic carbocycles. The Morgan fingerprint density at radius 1 is 1.30 bits per heavy atom. The van der Waals surface area contributed by atoms with Crippen LogP contribution < -0.4 is 0 Å². The first-order valence-electron chi connectivity index (χ1n) is 7.46. The fourth-order valence-corrected chi connectivity index (χ4v) is 2.50. The Labute approximate surface area is 119 Å². The summed E-state index contributed by atoms with van der Waals surface area (Å²) >= 11 is 0. The quantitative estimate of drug-likeness (QED) is 0.909. The predicted octanol–water partition coefficient (Wildman–Crippen LogP) is 2.98. The normalized spacial score (nSPS) is 16.9. The molecule has 0 unspecified atom stereocenters. The minimum Gasteiger partial charge on any atom is -0.391 e. The summed E-state index contributed by atoms with van der Waals surface area (Å²) in [6, 6.07) is 10.1. The van der Waals surface area contributed by atoms with Crippen LogP contribution in [0.2, 0.25) is 0 Å². The third kappa shape index (κ3) is 2.61. The Morgan fingerprint density at radius 3 is 2.65 bits per heavy atom. The summed E-state index contributed by atoms with van der Waals surface area (Å²) in [6.07, 6.45) is 4.04. The number of aliphatic hydroxyl groups is 1. The Kier molecular flexibility index (Phi) is 3.83. The average Bonchev–Trinajstić information content (AvgIpc) is 2.81. The molecule has 1 saturated carbocycles. The van der Waals surface area contributed by atoms with Crippen LogP contribution in [0.25, 0.3) is 11.4 Å². The van der Waals surface area contributed by atoms with Crippen molar-refractivity contribution in [1.82, 2.24) is 14.8 Å². The molecule has 0 saturated heterocycles. The van der Waals surface area contributed by atoms with Gasteiger partial charge < -0.3 is 5.11 Å². The van der Waals surface area contributed by atoms with E-state index in [0.717, 1.165) is 23.6 Å². The van der Waals surface area contributed by atoms with Crippen molar-refractivity contribution < 1.29 is 5.11 Å². The smallest absolute Gasteiger partial charge is 0.181 e. The summed E-state index contributed by atoms with van der Waals surface area (Å²) in [6.45, 7) is 2.53. The maximum atomic E-state index is 9.90. The molecule has 1 aromatic heterocycles. The molecular weight excluding hydrogens is 250 g/mol. The van der Waals surface area contributed by atoms with Crippen molar-refractivity contribution in [2.75, 3.05) is 0 Å². The molecule has 1 atom stereocenters. The minimum atomic E-state index is -0.348. The lowest BCUT2D eigenvalue weighted by molar-refractivity contribution is 0.142. The monoisotopic (exact) mass is 271 g/mol. The van der Waals surface area contributed by atoms with E-state index >= 15 is 0 Å². The molecule has 4 heteroatoms. The molecule has 2 aromatic rings. The number of aliphatic hydroxyl groups excluding tert-OH is 1. The van der Waals surface area contributed by atoms with Gasteiger partial charge in [-0.1, -0.05) is 43.7 Å². The van der Waals surface area contributed by atoms with Crippen LogP contribution in [0, 0.1) is 0 Å². The van der Waals surface area contributed by atoms with E-state index in [4.69, 9.17) is 4.98 Å². The highest BCUT2D eigenvalue weighted by Crippen LogP contribution is 2.36. The van der Waals surface area contributed by atoms with Gasteiger partial charge in [0.15, 0.2) is 5.82 Å². The molecule has 1 fully saturated rings. The van der Waals surface area contributed by atoms with Crippen LogP contribution in [-0.4, -0.2) is 26.0 Å². The van der Waals surface area contributed by atoms with Crippen molar-refractivity contribution in [1.29, 1.82) is 0 Å². The number of benzene rings is 1. The third-order valence-corrected chi connectivity index (χ3v) is 4.06. The largest absolute Gasteiger partial charge is 0.391 e. The average molecular weight is 271 g/mol. The van der Waals surface area contributed by atoms with E-state index in [2.05, 4.69) is 5.10 Å². The second kappa shape index (κ2) is 5.75. The van der Waals surface area contributed by atoms with Crippen LogP contribution in [0.15, 0.2) is 30.3 Å². The SMILES string of the molecule is CC[C@@H](O)Cn1nc(-c2ccccc2)nc1C1CCC1. The number of hydrogen-bond donors (Lipinski definition) is 1. The highest BCUT2D eigenvalue weighted by Gasteiger charge is 2.26. The van der Waals surface area contributed by atoms with Crippen LogP contribution >= 0.6 is 0 Å². The molecule has 1 aliphatic rings. The van der Waals surface area contributed by atoms with Crippen LogP contribution in [0.1, 0.15) is 44.3 Å². The molecule has 0 radical (unpaired) electrons. The van der Waals surface area contributed by atoms with Gasteiger partial charge in [0.25, 0.3) is 0 Å². The first-order chi connectivity index (χ1) is 9.78. The van der Waals surface area contributed by atoms with Crippen molar-refractivity contribution in [3.63, 3.8) is 0 Å². The van der Waals surface area contributed by atoms with E-state index in [1.54, 1.807) is 0 Å². The molecule has 1 aromatic carbocycles. The lowest BCUT2D eigenvalue weighted by atomic mass is 9.85. The van der Waals surface area contributed by atoms with Crippen molar-refractivity contribution >= 4 is 0 Å². The minimum absolute atomic E-state index is 0.348. The summed E-state index contributed by atoms with van der Waals surface area (Å²) in [5.41, 5.74) is 1.04. The number of aromatic nitrogens is 3. The van der Waals surface area contributed by atoms with Crippen LogP contribution in [-0.2, 0) is 6.54 Å². The van der Waals surface area contributed by atoms with Crippen LogP contribution in [0.5, 0.6) is 0 Å². The van der Waals surface area contributed by atoms with Gasteiger partial charge >= 0.3 is 0 Å². The number of hydrogen-bond acceptors (Lipinski definition) is 3. The van der Waals surface area contributed by atoms with Crippen molar-refractivity contribution in [3.05, 3.63) is 36.2 Å². The molecule has 0 amide bonds. The fourth-order valence-electron chi connectivity index (χ4n) is 2.50. The van der Waals surface area contributed by atoms with Gasteiger partial charge in [-0.25, -0.2) is 9.67 Å². The molecule has 1 heterocycles. The summed E-state index contributed by atoms with van der Waals surface area (Å²) in [7, 11) is 0. The maximum Gasteiger partial charge on any atom is 0.181 e. The van der Waals surface area contributed by atoms with Gasteiger partial charge in [-0.2, -0.15) is 5.10 Å². The molecule has 0 aliphatic heterocycles. The zero-order valence-corrected chi connectivity index (χ0v) is 11.9. The highest BCUT2D eigenvalue weighted by molar-refractivity contribution is 5.54. The maximum absolute atomic E-state index is 9.90. The van der Waals surface area contributed by atoms with Crippen molar-refractivity contribution in [3.8, 4) is 11.4 Å².